The molecule has 0 bridgehead atoms. The van der Waals surface area contributed by atoms with Crippen molar-refractivity contribution >= 4 is 35.8 Å². The summed E-state index contributed by atoms with van der Waals surface area (Å²) in [7, 11) is 0. The van der Waals surface area contributed by atoms with Gasteiger partial charge in [0.1, 0.15) is 6.61 Å². The van der Waals surface area contributed by atoms with Gasteiger partial charge < -0.3 is 29.0 Å². The lowest BCUT2D eigenvalue weighted by atomic mass is 9.88. The van der Waals surface area contributed by atoms with E-state index in [0.717, 1.165) is 45.7 Å². The van der Waals surface area contributed by atoms with Crippen LogP contribution in [-0.4, -0.2) is 72.8 Å². The molecular weight excluding hydrogens is 502 g/mol. The van der Waals surface area contributed by atoms with Crippen LogP contribution in [0.1, 0.15) is 52.2 Å². The first-order valence-electron chi connectivity index (χ1n) is 12.1. The first kappa shape index (κ1) is 30.3. The van der Waals surface area contributed by atoms with Crippen LogP contribution < -0.4 is 5.32 Å². The quantitative estimate of drug-likeness (QED) is 0.317. The third kappa shape index (κ3) is 9.49. The zero-order valence-corrected chi connectivity index (χ0v) is 22.0. The Morgan fingerprint density at radius 1 is 0.763 bits per heavy atom. The van der Waals surface area contributed by atoms with Gasteiger partial charge in [-0.25, -0.2) is 0 Å². The van der Waals surface area contributed by atoms with E-state index >= 15 is 0 Å². The van der Waals surface area contributed by atoms with Gasteiger partial charge in [-0.1, -0.05) is 24.3 Å². The number of ether oxygens (including phenoxy) is 5. The van der Waals surface area contributed by atoms with E-state index < -0.39 is 66.8 Å². The fraction of sp³-hybridized carbons (Fsp3) is 0.538. The summed E-state index contributed by atoms with van der Waals surface area (Å²) >= 11 is 0. The SMILES string of the molecule is CC(=O)OC[C@H](OC(C)=O)[C@@H](OC(C)=O)[C@H](OC(C)=O)[C@H](OC(C)=O)C(=O)N[C@@H]1CCc2ccccc2C1. The van der Waals surface area contributed by atoms with Crippen LogP contribution in [0.25, 0.3) is 0 Å². The molecule has 1 aromatic rings. The number of carbonyl (C=O) groups is 6. The van der Waals surface area contributed by atoms with E-state index in [1.807, 2.05) is 24.3 Å². The molecule has 0 saturated heterocycles. The maximum Gasteiger partial charge on any atom is 0.303 e. The Morgan fingerprint density at radius 3 is 1.87 bits per heavy atom. The molecule has 0 unspecified atom stereocenters. The van der Waals surface area contributed by atoms with Gasteiger partial charge >= 0.3 is 29.8 Å². The van der Waals surface area contributed by atoms with Crippen molar-refractivity contribution in [2.24, 2.45) is 0 Å². The molecule has 12 nitrogen and oxygen atoms in total. The molecule has 0 aliphatic heterocycles. The van der Waals surface area contributed by atoms with Crippen LogP contribution in [-0.2, 0) is 65.3 Å². The normalized spacial score (nSPS) is 17.3. The highest BCUT2D eigenvalue weighted by molar-refractivity contribution is 5.85. The first-order valence-corrected chi connectivity index (χ1v) is 12.1. The van der Waals surface area contributed by atoms with Crippen molar-refractivity contribution in [3.05, 3.63) is 35.4 Å². The molecule has 0 fully saturated rings. The summed E-state index contributed by atoms with van der Waals surface area (Å²) in [5.41, 5.74) is 2.22. The van der Waals surface area contributed by atoms with Crippen LogP contribution in [0.5, 0.6) is 0 Å². The van der Waals surface area contributed by atoms with Gasteiger partial charge in [0, 0.05) is 40.7 Å². The fourth-order valence-electron chi connectivity index (χ4n) is 4.20. The lowest BCUT2D eigenvalue weighted by Crippen LogP contribution is -2.58. The van der Waals surface area contributed by atoms with E-state index in [4.69, 9.17) is 23.7 Å². The van der Waals surface area contributed by atoms with Gasteiger partial charge in [-0.05, 0) is 30.4 Å². The van der Waals surface area contributed by atoms with E-state index in [0.29, 0.717) is 19.3 Å². The smallest absolute Gasteiger partial charge is 0.303 e. The molecule has 1 aliphatic carbocycles. The topological polar surface area (TPSA) is 161 Å². The van der Waals surface area contributed by atoms with Crippen LogP contribution in [0.2, 0.25) is 0 Å². The Kier molecular flexibility index (Phi) is 11.2. The van der Waals surface area contributed by atoms with Crippen molar-refractivity contribution in [1.82, 2.24) is 5.32 Å². The highest BCUT2D eigenvalue weighted by Crippen LogP contribution is 2.23. The number of hydrogen-bond acceptors (Lipinski definition) is 11. The van der Waals surface area contributed by atoms with Gasteiger partial charge in [-0.3, -0.25) is 28.8 Å². The molecule has 1 amide bonds. The number of amides is 1. The molecule has 208 valence electrons. The van der Waals surface area contributed by atoms with Gasteiger partial charge in [0.15, 0.2) is 18.3 Å². The lowest BCUT2D eigenvalue weighted by Gasteiger charge is -2.35. The summed E-state index contributed by atoms with van der Waals surface area (Å²) in [4.78, 5) is 72.8. The molecule has 38 heavy (non-hydrogen) atoms. The molecule has 1 aliphatic rings. The van der Waals surface area contributed by atoms with E-state index in [9.17, 15) is 28.8 Å². The number of rotatable bonds is 11. The summed E-state index contributed by atoms with van der Waals surface area (Å²) in [6, 6.07) is 7.46. The lowest BCUT2D eigenvalue weighted by molar-refractivity contribution is -0.203. The fourth-order valence-corrected chi connectivity index (χ4v) is 4.20. The Labute approximate surface area is 220 Å². The van der Waals surface area contributed by atoms with Crippen molar-refractivity contribution in [3.63, 3.8) is 0 Å². The standard InChI is InChI=1S/C26H33NO11/c1-14(28)34-13-22(35-15(2)29)23(36-16(3)30)24(37-17(4)31)25(38-18(5)32)26(33)27-21-11-10-19-8-6-7-9-20(19)12-21/h6-9,21-25H,10-13H2,1-5H3,(H,27,33)/t21-,22+,23-,24+,25+/m1/s1. The Hall–Kier alpha value is -3.96. The Balaban J connectivity index is 2.43. The maximum atomic E-state index is 13.5. The van der Waals surface area contributed by atoms with Crippen molar-refractivity contribution in [2.45, 2.75) is 84.3 Å². The minimum absolute atomic E-state index is 0.328. The van der Waals surface area contributed by atoms with Gasteiger partial charge in [0.25, 0.3) is 5.91 Å². The van der Waals surface area contributed by atoms with Crippen LogP contribution in [0.4, 0.5) is 0 Å². The number of hydrogen-bond donors (Lipinski definition) is 1. The minimum Gasteiger partial charge on any atom is -0.462 e. The Morgan fingerprint density at radius 2 is 1.32 bits per heavy atom. The summed E-state index contributed by atoms with van der Waals surface area (Å²) in [6.45, 7) is 4.68. The average molecular weight is 536 g/mol. The zero-order chi connectivity index (χ0) is 28.4. The summed E-state index contributed by atoms with van der Waals surface area (Å²) in [6.07, 6.45) is -4.91. The number of benzene rings is 1. The summed E-state index contributed by atoms with van der Waals surface area (Å²) in [5.74, 6) is -5.07. The summed E-state index contributed by atoms with van der Waals surface area (Å²) in [5, 5.41) is 2.82. The van der Waals surface area contributed by atoms with Crippen LogP contribution >= 0.6 is 0 Å². The average Bonchev–Trinajstić information content (AvgIpc) is 2.81. The predicted molar refractivity (Wildman–Crippen MR) is 129 cm³/mol. The van der Waals surface area contributed by atoms with E-state index in [-0.39, 0.29) is 6.04 Å². The predicted octanol–water partition coefficient (Wildman–Crippen LogP) is 0.950. The van der Waals surface area contributed by atoms with Gasteiger partial charge in [-0.15, -0.1) is 0 Å². The molecule has 5 atom stereocenters. The van der Waals surface area contributed by atoms with E-state index in [1.54, 1.807) is 0 Å². The third-order valence-electron chi connectivity index (χ3n) is 5.61. The second-order valence-corrected chi connectivity index (χ2v) is 8.85. The minimum atomic E-state index is -1.80. The molecule has 0 spiro atoms. The second kappa shape index (κ2) is 14.1. The van der Waals surface area contributed by atoms with Crippen molar-refractivity contribution < 1.29 is 52.5 Å². The zero-order valence-electron chi connectivity index (χ0n) is 22.0. The van der Waals surface area contributed by atoms with Gasteiger partial charge in [-0.2, -0.15) is 0 Å². The molecule has 0 saturated carbocycles. The van der Waals surface area contributed by atoms with Crippen molar-refractivity contribution in [1.29, 1.82) is 0 Å². The van der Waals surface area contributed by atoms with E-state index in [1.165, 1.54) is 0 Å². The number of nitrogens with one attached hydrogen (secondary N) is 1. The molecule has 12 heteroatoms. The highest BCUT2D eigenvalue weighted by Gasteiger charge is 2.47. The highest BCUT2D eigenvalue weighted by atomic mass is 16.6. The number of carbonyl (C=O) groups excluding carboxylic acids is 6. The Bertz CT molecular complexity index is 1050. The maximum absolute atomic E-state index is 13.5. The molecule has 1 N–H and O–H groups in total. The molecule has 0 aromatic heterocycles. The monoisotopic (exact) mass is 535 g/mol. The van der Waals surface area contributed by atoms with Crippen molar-refractivity contribution in [3.8, 4) is 0 Å². The molecule has 2 rings (SSSR count). The molecule has 0 heterocycles. The first-order chi connectivity index (χ1) is 17.9. The molecular formula is C26H33NO11. The van der Waals surface area contributed by atoms with Gasteiger partial charge in [0.2, 0.25) is 6.10 Å². The largest absolute Gasteiger partial charge is 0.462 e. The number of esters is 5. The molecule has 0 radical (unpaired) electrons. The number of fused-ring (bicyclic) bond motifs is 1. The van der Waals surface area contributed by atoms with Crippen LogP contribution in [0.15, 0.2) is 24.3 Å². The van der Waals surface area contributed by atoms with Gasteiger partial charge in [0.05, 0.1) is 0 Å². The third-order valence-corrected chi connectivity index (χ3v) is 5.61. The van der Waals surface area contributed by atoms with Crippen molar-refractivity contribution in [2.75, 3.05) is 6.61 Å². The van der Waals surface area contributed by atoms with E-state index in [2.05, 4.69) is 5.32 Å². The van der Waals surface area contributed by atoms with Crippen LogP contribution in [0.3, 0.4) is 0 Å². The summed E-state index contributed by atoms with van der Waals surface area (Å²) < 4.78 is 26.0. The van der Waals surface area contributed by atoms with Crippen LogP contribution in [0, 0.1) is 0 Å². The second-order valence-electron chi connectivity index (χ2n) is 8.85. The molecule has 1 aromatic carbocycles. The number of aryl methyl sites for hydroxylation is 1.